The first kappa shape index (κ1) is 15.0. The van der Waals surface area contributed by atoms with Crippen LogP contribution < -0.4 is 5.73 Å². The first-order chi connectivity index (χ1) is 9.76. The first-order valence-electron chi connectivity index (χ1n) is 7.94. The molecule has 0 bridgehead atoms. The summed E-state index contributed by atoms with van der Waals surface area (Å²) in [6, 6.07) is 4.43. The first-order valence-corrected chi connectivity index (χ1v) is 7.94. The van der Waals surface area contributed by atoms with Crippen LogP contribution in [0.25, 0.3) is 11.0 Å². The van der Waals surface area contributed by atoms with Crippen molar-refractivity contribution in [1.29, 1.82) is 0 Å². The molecule has 2 aromatic rings. The number of nitrogens with zero attached hydrogens (tertiary/aromatic N) is 2. The van der Waals surface area contributed by atoms with E-state index in [2.05, 4.69) is 35.7 Å². The summed E-state index contributed by atoms with van der Waals surface area (Å²) in [4.78, 5) is 4.56. The molecular weight excluding hydrogens is 246 g/mol. The van der Waals surface area contributed by atoms with E-state index < -0.39 is 0 Å². The van der Waals surface area contributed by atoms with Crippen molar-refractivity contribution in [1.82, 2.24) is 9.55 Å². The summed E-state index contributed by atoms with van der Waals surface area (Å²) < 4.78 is 2.31. The van der Waals surface area contributed by atoms with Gasteiger partial charge in [0.1, 0.15) is 5.65 Å². The highest BCUT2D eigenvalue weighted by Gasteiger charge is 2.11. The van der Waals surface area contributed by atoms with Gasteiger partial charge in [-0.2, -0.15) is 0 Å². The maximum atomic E-state index is 6.12. The van der Waals surface area contributed by atoms with Crippen LogP contribution in [0.2, 0.25) is 0 Å². The van der Waals surface area contributed by atoms with Crippen LogP contribution in [0.5, 0.6) is 0 Å². The molecule has 20 heavy (non-hydrogen) atoms. The van der Waals surface area contributed by atoms with Crippen molar-refractivity contribution in [3.8, 4) is 0 Å². The van der Waals surface area contributed by atoms with Crippen molar-refractivity contribution in [3.05, 3.63) is 30.1 Å². The topological polar surface area (TPSA) is 43.8 Å². The molecule has 110 valence electrons. The van der Waals surface area contributed by atoms with Crippen LogP contribution in [-0.2, 0) is 13.0 Å². The smallest absolute Gasteiger partial charge is 0.140 e. The van der Waals surface area contributed by atoms with E-state index in [0.29, 0.717) is 0 Å². The van der Waals surface area contributed by atoms with Crippen molar-refractivity contribution in [2.75, 3.05) is 0 Å². The van der Waals surface area contributed by atoms with Gasteiger partial charge in [0.25, 0.3) is 0 Å². The number of hydrogen-bond acceptors (Lipinski definition) is 2. The standard InChI is InChI=1S/C17H27N3/c1-3-5-6-7-11-20-13-14(12-15(18)4-2)16-9-8-10-19-17(16)20/h8-10,13,15H,3-7,11-12,18H2,1-2H3. The van der Waals surface area contributed by atoms with Gasteiger partial charge < -0.3 is 10.3 Å². The van der Waals surface area contributed by atoms with E-state index in [-0.39, 0.29) is 6.04 Å². The Balaban J connectivity index is 2.17. The molecule has 0 spiro atoms. The molecule has 0 aliphatic heterocycles. The number of fused-ring (bicyclic) bond motifs is 1. The van der Waals surface area contributed by atoms with Gasteiger partial charge in [0.15, 0.2) is 0 Å². The van der Waals surface area contributed by atoms with Crippen molar-refractivity contribution < 1.29 is 0 Å². The highest BCUT2D eigenvalue weighted by Crippen LogP contribution is 2.21. The highest BCUT2D eigenvalue weighted by atomic mass is 15.0. The van der Waals surface area contributed by atoms with Crippen molar-refractivity contribution in [2.45, 2.75) is 65.0 Å². The molecule has 2 aromatic heterocycles. The predicted octanol–water partition coefficient (Wildman–Crippen LogP) is 3.90. The molecule has 1 unspecified atom stereocenters. The number of pyridine rings is 1. The van der Waals surface area contributed by atoms with Crippen molar-refractivity contribution in [3.63, 3.8) is 0 Å². The van der Waals surface area contributed by atoms with E-state index in [1.54, 1.807) is 0 Å². The minimum atomic E-state index is 0.245. The van der Waals surface area contributed by atoms with Gasteiger partial charge in [-0.25, -0.2) is 4.98 Å². The zero-order valence-electron chi connectivity index (χ0n) is 12.8. The minimum Gasteiger partial charge on any atom is -0.332 e. The third kappa shape index (κ3) is 3.60. The second-order valence-electron chi connectivity index (χ2n) is 5.66. The maximum Gasteiger partial charge on any atom is 0.140 e. The molecule has 0 aliphatic carbocycles. The van der Waals surface area contributed by atoms with Gasteiger partial charge in [0.05, 0.1) is 0 Å². The van der Waals surface area contributed by atoms with Gasteiger partial charge in [-0.3, -0.25) is 0 Å². The number of aromatic nitrogens is 2. The number of rotatable bonds is 8. The van der Waals surface area contributed by atoms with Crippen LogP contribution in [0.1, 0.15) is 51.5 Å². The Hall–Kier alpha value is -1.35. The largest absolute Gasteiger partial charge is 0.332 e. The predicted molar refractivity (Wildman–Crippen MR) is 85.8 cm³/mol. The van der Waals surface area contributed by atoms with Crippen LogP contribution in [-0.4, -0.2) is 15.6 Å². The zero-order chi connectivity index (χ0) is 14.4. The van der Waals surface area contributed by atoms with E-state index in [1.807, 2.05) is 12.3 Å². The van der Waals surface area contributed by atoms with E-state index in [0.717, 1.165) is 25.0 Å². The Bertz CT molecular complexity index is 530. The van der Waals surface area contributed by atoms with Gasteiger partial charge in [-0.05, 0) is 37.0 Å². The quantitative estimate of drug-likeness (QED) is 0.741. The van der Waals surface area contributed by atoms with Gasteiger partial charge in [0, 0.05) is 30.4 Å². The number of hydrogen-bond donors (Lipinski definition) is 1. The summed E-state index contributed by atoms with van der Waals surface area (Å²) in [6.45, 7) is 5.46. The van der Waals surface area contributed by atoms with Crippen molar-refractivity contribution in [2.24, 2.45) is 5.73 Å². The van der Waals surface area contributed by atoms with Gasteiger partial charge >= 0.3 is 0 Å². The molecular formula is C17H27N3. The summed E-state index contributed by atoms with van der Waals surface area (Å²) in [7, 11) is 0. The Labute approximate surface area is 122 Å². The Kier molecular flexibility index (Phi) is 5.60. The molecule has 0 fully saturated rings. The normalized spacial score (nSPS) is 12.9. The Morgan fingerprint density at radius 2 is 2.10 bits per heavy atom. The monoisotopic (exact) mass is 273 g/mol. The Morgan fingerprint density at radius 1 is 1.25 bits per heavy atom. The molecule has 3 nitrogen and oxygen atoms in total. The lowest BCUT2D eigenvalue weighted by molar-refractivity contribution is 0.588. The molecule has 0 saturated carbocycles. The molecule has 3 heteroatoms. The fraction of sp³-hybridized carbons (Fsp3) is 0.588. The summed E-state index contributed by atoms with van der Waals surface area (Å²) in [5, 5.41) is 1.27. The maximum absolute atomic E-state index is 6.12. The van der Waals surface area contributed by atoms with Crippen molar-refractivity contribution >= 4 is 11.0 Å². The average Bonchev–Trinajstić information content (AvgIpc) is 2.82. The molecule has 0 aromatic carbocycles. The molecule has 1 atom stereocenters. The highest BCUT2D eigenvalue weighted by molar-refractivity contribution is 5.80. The third-order valence-corrected chi connectivity index (χ3v) is 3.98. The summed E-state index contributed by atoms with van der Waals surface area (Å²) in [5.41, 5.74) is 8.57. The molecule has 0 amide bonds. The fourth-order valence-electron chi connectivity index (χ4n) is 2.66. The second kappa shape index (κ2) is 7.44. The molecule has 2 N–H and O–H groups in total. The average molecular weight is 273 g/mol. The Morgan fingerprint density at radius 3 is 2.85 bits per heavy atom. The summed E-state index contributed by atoms with van der Waals surface area (Å²) >= 11 is 0. The summed E-state index contributed by atoms with van der Waals surface area (Å²) in [5.74, 6) is 0. The molecule has 0 radical (unpaired) electrons. The lowest BCUT2D eigenvalue weighted by Gasteiger charge is -2.06. The summed E-state index contributed by atoms with van der Waals surface area (Å²) in [6.07, 6.45) is 11.2. The lowest BCUT2D eigenvalue weighted by Crippen LogP contribution is -2.21. The molecule has 0 aliphatic rings. The van der Waals surface area contributed by atoms with E-state index in [9.17, 15) is 0 Å². The van der Waals surface area contributed by atoms with E-state index in [1.165, 1.54) is 36.6 Å². The third-order valence-electron chi connectivity index (χ3n) is 3.98. The second-order valence-corrected chi connectivity index (χ2v) is 5.66. The molecule has 2 rings (SSSR count). The number of aryl methyl sites for hydroxylation is 1. The number of nitrogens with two attached hydrogens (primary N) is 1. The van der Waals surface area contributed by atoms with Crippen LogP contribution in [0.15, 0.2) is 24.5 Å². The molecule has 2 heterocycles. The fourth-order valence-corrected chi connectivity index (χ4v) is 2.66. The van der Waals surface area contributed by atoms with Crippen LogP contribution in [0, 0.1) is 0 Å². The van der Waals surface area contributed by atoms with Gasteiger partial charge in [-0.1, -0.05) is 33.1 Å². The number of unbranched alkanes of at least 4 members (excludes halogenated alkanes) is 3. The van der Waals surface area contributed by atoms with Crippen LogP contribution in [0.4, 0.5) is 0 Å². The van der Waals surface area contributed by atoms with E-state index >= 15 is 0 Å². The molecule has 0 saturated heterocycles. The SMILES string of the molecule is CCCCCCn1cc(CC(N)CC)c2cccnc21. The lowest BCUT2D eigenvalue weighted by atomic mass is 10.1. The van der Waals surface area contributed by atoms with E-state index in [4.69, 9.17) is 5.73 Å². The van der Waals surface area contributed by atoms with Crippen LogP contribution in [0.3, 0.4) is 0 Å². The van der Waals surface area contributed by atoms with Gasteiger partial charge in [-0.15, -0.1) is 0 Å². The van der Waals surface area contributed by atoms with Crippen LogP contribution >= 0.6 is 0 Å². The zero-order valence-corrected chi connectivity index (χ0v) is 12.8. The minimum absolute atomic E-state index is 0.245. The van der Waals surface area contributed by atoms with Gasteiger partial charge in [0.2, 0.25) is 0 Å².